The molecule has 1 amide bonds. The van der Waals surface area contributed by atoms with Gasteiger partial charge < -0.3 is 10.3 Å². The van der Waals surface area contributed by atoms with Crippen LogP contribution in [0.5, 0.6) is 0 Å². The van der Waals surface area contributed by atoms with E-state index in [0.717, 1.165) is 27.2 Å². The number of para-hydroxylation sites is 1. The van der Waals surface area contributed by atoms with E-state index in [1.54, 1.807) is 11.3 Å². The van der Waals surface area contributed by atoms with Crippen molar-refractivity contribution < 1.29 is 4.79 Å². The van der Waals surface area contributed by atoms with E-state index < -0.39 is 0 Å². The van der Waals surface area contributed by atoms with Gasteiger partial charge in [-0.2, -0.15) is 0 Å². The Bertz CT molecular complexity index is 1080. The van der Waals surface area contributed by atoms with Crippen LogP contribution in [-0.2, 0) is 0 Å². The minimum absolute atomic E-state index is 0.271. The van der Waals surface area contributed by atoms with Crippen LogP contribution < -0.4 is 5.32 Å². The molecule has 0 spiro atoms. The number of anilines is 1. The lowest BCUT2D eigenvalue weighted by atomic mass is 10.1. The van der Waals surface area contributed by atoms with Crippen molar-refractivity contribution >= 4 is 45.4 Å². The molecule has 124 valence electrons. The van der Waals surface area contributed by atoms with Crippen molar-refractivity contribution in [3.8, 4) is 11.3 Å². The number of hydrogen-bond acceptors (Lipinski definition) is 3. The fourth-order valence-electron chi connectivity index (χ4n) is 2.71. The molecule has 0 atom stereocenters. The van der Waals surface area contributed by atoms with Gasteiger partial charge in [0.25, 0.3) is 5.91 Å². The number of benzene rings is 2. The standard InChI is InChI=1S/C19H14ClN3OS/c1-11-21-16(10-25-11)12-5-4-6-13(9-12)22-19(24)18-17(20)14-7-2-3-8-15(14)23-18/h2-10,23H,1H3,(H,22,24). The summed E-state index contributed by atoms with van der Waals surface area (Å²) in [6.45, 7) is 1.97. The number of nitrogens with one attached hydrogen (secondary N) is 2. The molecule has 0 saturated carbocycles. The van der Waals surface area contributed by atoms with Gasteiger partial charge in [-0.05, 0) is 25.1 Å². The van der Waals surface area contributed by atoms with E-state index in [0.29, 0.717) is 16.4 Å². The first-order chi connectivity index (χ1) is 12.1. The predicted octanol–water partition coefficient (Wildman–Crippen LogP) is 5.51. The lowest BCUT2D eigenvalue weighted by Gasteiger charge is -2.06. The van der Waals surface area contributed by atoms with E-state index >= 15 is 0 Å². The Morgan fingerprint density at radius 3 is 2.80 bits per heavy atom. The van der Waals surface area contributed by atoms with Crippen LogP contribution >= 0.6 is 22.9 Å². The molecular formula is C19H14ClN3OS. The number of fused-ring (bicyclic) bond motifs is 1. The number of hydrogen-bond donors (Lipinski definition) is 2. The van der Waals surface area contributed by atoms with Crippen LogP contribution in [0.25, 0.3) is 22.2 Å². The maximum atomic E-state index is 12.6. The molecule has 6 heteroatoms. The first-order valence-corrected chi connectivity index (χ1v) is 8.98. The van der Waals surface area contributed by atoms with E-state index in [2.05, 4.69) is 15.3 Å². The number of nitrogens with zero attached hydrogens (tertiary/aromatic N) is 1. The summed E-state index contributed by atoms with van der Waals surface area (Å²) in [5.74, 6) is -0.271. The lowest BCUT2D eigenvalue weighted by molar-refractivity contribution is 0.102. The van der Waals surface area contributed by atoms with Crippen LogP contribution in [0.3, 0.4) is 0 Å². The summed E-state index contributed by atoms with van der Waals surface area (Å²) in [4.78, 5) is 20.2. The highest BCUT2D eigenvalue weighted by molar-refractivity contribution is 7.09. The zero-order valence-electron chi connectivity index (χ0n) is 13.3. The molecule has 0 saturated heterocycles. The largest absolute Gasteiger partial charge is 0.349 e. The number of aromatic nitrogens is 2. The van der Waals surface area contributed by atoms with Gasteiger partial charge >= 0.3 is 0 Å². The topological polar surface area (TPSA) is 57.8 Å². The summed E-state index contributed by atoms with van der Waals surface area (Å²) < 4.78 is 0. The second-order valence-corrected chi connectivity index (χ2v) is 7.09. The fourth-order valence-corrected chi connectivity index (χ4v) is 3.63. The van der Waals surface area contributed by atoms with Gasteiger partial charge in [0, 0.05) is 27.5 Å². The van der Waals surface area contributed by atoms with Crippen molar-refractivity contribution in [1.29, 1.82) is 0 Å². The van der Waals surface area contributed by atoms with E-state index in [4.69, 9.17) is 11.6 Å². The van der Waals surface area contributed by atoms with Crippen molar-refractivity contribution in [1.82, 2.24) is 9.97 Å². The third kappa shape index (κ3) is 3.04. The lowest BCUT2D eigenvalue weighted by Crippen LogP contribution is -2.12. The van der Waals surface area contributed by atoms with Crippen molar-refractivity contribution in [3.63, 3.8) is 0 Å². The molecule has 0 unspecified atom stereocenters. The van der Waals surface area contributed by atoms with Crippen LogP contribution in [0.2, 0.25) is 5.02 Å². The second kappa shape index (κ2) is 6.35. The van der Waals surface area contributed by atoms with Gasteiger partial charge in [0.1, 0.15) is 5.69 Å². The number of H-pyrrole nitrogens is 1. The molecule has 4 nitrogen and oxygen atoms in total. The molecule has 2 aromatic heterocycles. The van der Waals surface area contributed by atoms with E-state index in [1.807, 2.05) is 60.8 Å². The number of rotatable bonds is 3. The molecule has 25 heavy (non-hydrogen) atoms. The van der Waals surface area contributed by atoms with Crippen molar-refractivity contribution in [2.24, 2.45) is 0 Å². The number of halogens is 1. The van der Waals surface area contributed by atoms with Crippen LogP contribution in [0.1, 0.15) is 15.5 Å². The summed E-state index contributed by atoms with van der Waals surface area (Å²) in [5, 5.41) is 7.18. The molecule has 0 aliphatic carbocycles. The normalized spacial score (nSPS) is 11.0. The molecule has 2 N–H and O–H groups in total. The molecule has 2 aromatic carbocycles. The van der Waals surface area contributed by atoms with Gasteiger partial charge in [-0.1, -0.05) is 41.9 Å². The fraction of sp³-hybridized carbons (Fsp3) is 0.0526. The highest BCUT2D eigenvalue weighted by atomic mass is 35.5. The number of carbonyl (C=O) groups excluding carboxylic acids is 1. The SMILES string of the molecule is Cc1nc(-c2cccc(NC(=O)c3[nH]c4ccccc4c3Cl)c2)cs1. The minimum Gasteiger partial charge on any atom is -0.349 e. The van der Waals surface area contributed by atoms with Gasteiger partial charge in [-0.25, -0.2) is 4.98 Å². The Morgan fingerprint density at radius 2 is 2.04 bits per heavy atom. The average Bonchev–Trinajstić information content (AvgIpc) is 3.19. The van der Waals surface area contributed by atoms with Crippen LogP contribution in [0, 0.1) is 6.92 Å². The molecule has 0 aliphatic rings. The van der Waals surface area contributed by atoms with Crippen molar-refractivity contribution in [2.45, 2.75) is 6.92 Å². The Labute approximate surface area is 153 Å². The number of aromatic amines is 1. The smallest absolute Gasteiger partial charge is 0.273 e. The Balaban J connectivity index is 1.63. The average molecular weight is 368 g/mol. The van der Waals surface area contributed by atoms with Gasteiger partial charge in [0.15, 0.2) is 0 Å². The van der Waals surface area contributed by atoms with Crippen LogP contribution in [-0.4, -0.2) is 15.9 Å². The first kappa shape index (κ1) is 15.9. The van der Waals surface area contributed by atoms with Crippen molar-refractivity contribution in [3.05, 3.63) is 69.6 Å². The van der Waals surface area contributed by atoms with Gasteiger partial charge in [0.2, 0.25) is 0 Å². The third-order valence-corrected chi connectivity index (χ3v) is 5.07. The number of aryl methyl sites for hydroxylation is 1. The van der Waals surface area contributed by atoms with Gasteiger partial charge in [-0.3, -0.25) is 4.79 Å². The van der Waals surface area contributed by atoms with E-state index in [-0.39, 0.29) is 5.91 Å². The Morgan fingerprint density at radius 1 is 1.20 bits per heavy atom. The Kier molecular flexibility index (Phi) is 4.03. The maximum Gasteiger partial charge on any atom is 0.273 e. The quantitative estimate of drug-likeness (QED) is 0.502. The summed E-state index contributed by atoms with van der Waals surface area (Å²) in [5.41, 5.74) is 3.76. The van der Waals surface area contributed by atoms with E-state index in [9.17, 15) is 4.79 Å². The first-order valence-electron chi connectivity index (χ1n) is 7.72. The second-order valence-electron chi connectivity index (χ2n) is 5.65. The molecule has 4 aromatic rings. The number of carbonyl (C=O) groups is 1. The zero-order chi connectivity index (χ0) is 17.4. The van der Waals surface area contributed by atoms with Gasteiger partial charge in [-0.15, -0.1) is 11.3 Å². The highest BCUT2D eigenvalue weighted by Crippen LogP contribution is 2.28. The molecule has 0 aliphatic heterocycles. The van der Waals surface area contributed by atoms with Crippen LogP contribution in [0.4, 0.5) is 5.69 Å². The Hall–Kier alpha value is -2.63. The highest BCUT2D eigenvalue weighted by Gasteiger charge is 2.16. The molecule has 4 rings (SSSR count). The molecule has 0 radical (unpaired) electrons. The maximum absolute atomic E-state index is 12.6. The third-order valence-electron chi connectivity index (χ3n) is 3.90. The number of amides is 1. The number of thiazole rings is 1. The minimum atomic E-state index is -0.271. The summed E-state index contributed by atoms with van der Waals surface area (Å²) in [6.07, 6.45) is 0. The monoisotopic (exact) mass is 367 g/mol. The van der Waals surface area contributed by atoms with Gasteiger partial charge in [0.05, 0.1) is 15.7 Å². The van der Waals surface area contributed by atoms with Crippen molar-refractivity contribution in [2.75, 3.05) is 5.32 Å². The predicted molar refractivity (Wildman–Crippen MR) is 104 cm³/mol. The molecule has 0 fully saturated rings. The molecule has 0 bridgehead atoms. The molecule has 2 heterocycles. The molecular weight excluding hydrogens is 354 g/mol. The summed E-state index contributed by atoms with van der Waals surface area (Å²) in [6, 6.07) is 15.2. The summed E-state index contributed by atoms with van der Waals surface area (Å²) >= 11 is 7.95. The summed E-state index contributed by atoms with van der Waals surface area (Å²) in [7, 11) is 0. The van der Waals surface area contributed by atoms with Crippen LogP contribution in [0.15, 0.2) is 53.9 Å². The zero-order valence-corrected chi connectivity index (χ0v) is 14.9. The van der Waals surface area contributed by atoms with E-state index in [1.165, 1.54) is 0 Å².